The molecule has 8 nitrogen and oxygen atoms in total. The van der Waals surface area contributed by atoms with Gasteiger partial charge in [-0.1, -0.05) is 54.7 Å². The minimum Gasteiger partial charge on any atom is -0.324 e. The summed E-state index contributed by atoms with van der Waals surface area (Å²) in [7, 11) is -3.70. The molecule has 4 aromatic rings. The predicted octanol–water partition coefficient (Wildman–Crippen LogP) is 4.97. The van der Waals surface area contributed by atoms with Crippen molar-refractivity contribution in [1.82, 2.24) is 14.7 Å². The Labute approximate surface area is 214 Å². The first kappa shape index (κ1) is 25.1. The van der Waals surface area contributed by atoms with Crippen LogP contribution in [0.15, 0.2) is 119 Å². The molecule has 0 spiro atoms. The van der Waals surface area contributed by atoms with Crippen molar-refractivity contribution in [3.8, 4) is 0 Å². The number of hydrogen-bond acceptors (Lipinski definition) is 7. The lowest BCUT2D eigenvalue weighted by Gasteiger charge is -2.10. The van der Waals surface area contributed by atoms with E-state index in [1.165, 1.54) is 30.0 Å². The Bertz CT molecular complexity index is 1460. The molecule has 0 bridgehead atoms. The third kappa shape index (κ3) is 7.01. The van der Waals surface area contributed by atoms with Crippen LogP contribution < -0.4 is 15.4 Å². The van der Waals surface area contributed by atoms with E-state index in [0.29, 0.717) is 22.3 Å². The molecule has 3 aromatic carbocycles. The lowest BCUT2D eigenvalue weighted by Crippen LogP contribution is -2.23. The van der Waals surface area contributed by atoms with Crippen LogP contribution in [0.3, 0.4) is 0 Å². The van der Waals surface area contributed by atoms with E-state index in [2.05, 4.69) is 31.9 Å². The zero-order valence-electron chi connectivity index (χ0n) is 19.1. The second-order valence-electron chi connectivity index (χ2n) is 7.50. The predicted molar refractivity (Wildman–Crippen MR) is 142 cm³/mol. The molecule has 1 amide bonds. The molecule has 0 saturated heterocycles. The molecule has 4 rings (SSSR count). The fourth-order valence-electron chi connectivity index (χ4n) is 3.11. The van der Waals surface area contributed by atoms with Gasteiger partial charge in [-0.3, -0.25) is 4.79 Å². The van der Waals surface area contributed by atoms with Gasteiger partial charge in [-0.2, -0.15) is 0 Å². The average molecular weight is 518 g/mol. The van der Waals surface area contributed by atoms with Crippen molar-refractivity contribution in [3.63, 3.8) is 0 Å². The molecule has 1 heterocycles. The first-order valence-corrected chi connectivity index (χ1v) is 13.2. The zero-order chi connectivity index (χ0) is 25.4. The maximum atomic E-state index is 12.8. The van der Waals surface area contributed by atoms with Gasteiger partial charge in [0.1, 0.15) is 5.03 Å². The van der Waals surface area contributed by atoms with Crippen LogP contribution >= 0.6 is 11.8 Å². The summed E-state index contributed by atoms with van der Waals surface area (Å²) in [6.45, 7) is 3.63. The maximum Gasteiger partial charge on any atom is 0.247 e. The summed E-state index contributed by atoms with van der Waals surface area (Å²) in [5.41, 5.74) is 2.08. The van der Waals surface area contributed by atoms with Crippen molar-refractivity contribution < 1.29 is 13.2 Å². The average Bonchev–Trinajstić information content (AvgIpc) is 2.90. The zero-order valence-corrected chi connectivity index (χ0v) is 20.7. The molecule has 3 N–H and O–H groups in total. The number of carbonyl (C=O) groups excluding carboxylic acids is 1. The summed E-state index contributed by atoms with van der Waals surface area (Å²) in [4.78, 5) is 21.2. The molecule has 1 aromatic heterocycles. The van der Waals surface area contributed by atoms with Gasteiger partial charge in [0, 0.05) is 29.0 Å². The highest BCUT2D eigenvalue weighted by atomic mass is 32.2. The van der Waals surface area contributed by atoms with Crippen LogP contribution in [0.4, 0.5) is 17.3 Å². The van der Waals surface area contributed by atoms with E-state index in [1.54, 1.807) is 36.5 Å². The van der Waals surface area contributed by atoms with E-state index >= 15 is 0 Å². The summed E-state index contributed by atoms with van der Waals surface area (Å²) in [6.07, 6.45) is 2.84. The Morgan fingerprint density at radius 2 is 1.72 bits per heavy atom. The fourth-order valence-corrected chi connectivity index (χ4v) is 4.95. The van der Waals surface area contributed by atoms with Crippen LogP contribution in [0.1, 0.15) is 5.56 Å². The lowest BCUT2D eigenvalue weighted by molar-refractivity contribution is -0.111. The smallest absolute Gasteiger partial charge is 0.247 e. The monoisotopic (exact) mass is 517 g/mol. The van der Waals surface area contributed by atoms with Crippen LogP contribution in [0, 0.1) is 0 Å². The molecular formula is C26H23N5O3S2. The van der Waals surface area contributed by atoms with Gasteiger partial charge in [-0.25, -0.2) is 23.1 Å². The summed E-state index contributed by atoms with van der Waals surface area (Å²) in [5.74, 6) is 0.0624. The van der Waals surface area contributed by atoms with E-state index in [0.717, 1.165) is 10.5 Å². The van der Waals surface area contributed by atoms with E-state index in [1.807, 2.05) is 42.5 Å². The second kappa shape index (κ2) is 11.6. The number of aromatic nitrogens is 2. The molecule has 36 heavy (non-hydrogen) atoms. The van der Waals surface area contributed by atoms with Gasteiger partial charge in [-0.05, 0) is 60.2 Å². The van der Waals surface area contributed by atoms with Crippen molar-refractivity contribution in [2.75, 3.05) is 10.6 Å². The number of hydrogen-bond donors (Lipinski definition) is 3. The molecule has 0 aliphatic heterocycles. The number of anilines is 3. The van der Waals surface area contributed by atoms with E-state index in [9.17, 15) is 13.2 Å². The number of rotatable bonds is 10. The molecule has 10 heteroatoms. The van der Waals surface area contributed by atoms with E-state index < -0.39 is 10.0 Å². The van der Waals surface area contributed by atoms with Crippen LogP contribution in [0.5, 0.6) is 0 Å². The lowest BCUT2D eigenvalue weighted by atomic mass is 10.2. The van der Waals surface area contributed by atoms with Crippen molar-refractivity contribution >= 4 is 45.0 Å². The standard InChI is InChI=1S/C26H23N5O3S2/c1-2-24(32)29-20-11-13-22(14-12-20)35-25-15-16-27-26(31-25)30-21-9-6-10-23(17-21)36(33,34)28-18-19-7-4-3-5-8-19/h2-17,28H,1,18H2,(H,29,32)(H,27,30,31). The van der Waals surface area contributed by atoms with Crippen molar-refractivity contribution in [2.45, 2.75) is 21.4 Å². The molecular weight excluding hydrogens is 494 g/mol. The van der Waals surface area contributed by atoms with Crippen molar-refractivity contribution in [3.05, 3.63) is 109 Å². The Morgan fingerprint density at radius 3 is 2.47 bits per heavy atom. The molecule has 0 atom stereocenters. The van der Waals surface area contributed by atoms with Crippen LogP contribution in [-0.2, 0) is 21.4 Å². The summed E-state index contributed by atoms with van der Waals surface area (Å²) in [5, 5.41) is 6.47. The Hall–Kier alpha value is -3.99. The van der Waals surface area contributed by atoms with Gasteiger partial charge in [-0.15, -0.1) is 0 Å². The Balaban J connectivity index is 1.42. The van der Waals surface area contributed by atoms with Crippen LogP contribution in [0.2, 0.25) is 0 Å². The fraction of sp³-hybridized carbons (Fsp3) is 0.0385. The Kier molecular flexibility index (Phi) is 8.11. The highest BCUT2D eigenvalue weighted by Crippen LogP contribution is 2.28. The third-order valence-electron chi connectivity index (χ3n) is 4.87. The van der Waals surface area contributed by atoms with Crippen LogP contribution in [0.25, 0.3) is 0 Å². The molecule has 182 valence electrons. The van der Waals surface area contributed by atoms with E-state index in [-0.39, 0.29) is 17.3 Å². The van der Waals surface area contributed by atoms with Gasteiger partial charge in [0.2, 0.25) is 21.9 Å². The first-order chi connectivity index (χ1) is 17.4. The van der Waals surface area contributed by atoms with Gasteiger partial charge in [0.05, 0.1) is 4.90 Å². The SMILES string of the molecule is C=CC(=O)Nc1ccc(Sc2ccnc(Nc3cccc(S(=O)(=O)NCc4ccccc4)c3)n2)cc1. The molecule has 0 aliphatic rings. The highest BCUT2D eigenvalue weighted by molar-refractivity contribution is 7.99. The first-order valence-electron chi connectivity index (χ1n) is 10.9. The van der Waals surface area contributed by atoms with E-state index in [4.69, 9.17) is 0 Å². The van der Waals surface area contributed by atoms with Crippen molar-refractivity contribution in [2.24, 2.45) is 0 Å². The van der Waals surface area contributed by atoms with Gasteiger partial charge < -0.3 is 10.6 Å². The van der Waals surface area contributed by atoms with Gasteiger partial charge in [0.15, 0.2) is 0 Å². The Morgan fingerprint density at radius 1 is 0.944 bits per heavy atom. The maximum absolute atomic E-state index is 12.8. The van der Waals surface area contributed by atoms with Gasteiger partial charge >= 0.3 is 0 Å². The third-order valence-corrected chi connectivity index (χ3v) is 7.21. The number of carbonyl (C=O) groups is 1. The quantitative estimate of drug-likeness (QED) is 0.201. The number of nitrogens with one attached hydrogen (secondary N) is 3. The summed E-state index contributed by atoms with van der Waals surface area (Å²) >= 11 is 1.43. The number of sulfonamides is 1. The molecule has 0 aliphatic carbocycles. The molecule has 0 radical (unpaired) electrons. The van der Waals surface area contributed by atoms with Gasteiger partial charge in [0.25, 0.3) is 0 Å². The van der Waals surface area contributed by atoms with Crippen LogP contribution in [-0.4, -0.2) is 24.3 Å². The molecule has 0 saturated carbocycles. The minimum atomic E-state index is -3.70. The number of nitrogens with zero attached hydrogens (tertiary/aromatic N) is 2. The molecule has 0 fully saturated rings. The molecule has 0 unspecified atom stereocenters. The minimum absolute atomic E-state index is 0.137. The number of amides is 1. The summed E-state index contributed by atoms with van der Waals surface area (Å²) in [6, 6.07) is 24.9. The number of benzene rings is 3. The summed E-state index contributed by atoms with van der Waals surface area (Å²) < 4.78 is 28.2. The second-order valence-corrected chi connectivity index (χ2v) is 10.4. The topological polar surface area (TPSA) is 113 Å². The van der Waals surface area contributed by atoms with Crippen molar-refractivity contribution in [1.29, 1.82) is 0 Å². The normalized spacial score (nSPS) is 11.0. The highest BCUT2D eigenvalue weighted by Gasteiger charge is 2.14. The largest absolute Gasteiger partial charge is 0.324 e.